The van der Waals surface area contributed by atoms with Crippen molar-refractivity contribution in [3.05, 3.63) is 0 Å². The maximum atomic E-state index is 11.6. The zero-order valence-corrected chi connectivity index (χ0v) is 21.6. The third-order valence-electron chi connectivity index (χ3n) is 2.86. The molecule has 4 N–H and O–H groups in total. The molecule has 0 bridgehead atoms. The third kappa shape index (κ3) is 15.8. The number of nitrogens with two attached hydrogens (primary N) is 2. The number of carbonyl (C=O) groups is 4. The van der Waals surface area contributed by atoms with Crippen LogP contribution in [0.5, 0.6) is 0 Å². The molecule has 28 heavy (non-hydrogen) atoms. The van der Waals surface area contributed by atoms with Crippen LogP contribution in [0.15, 0.2) is 0 Å². The number of ether oxygens (including phenoxy) is 2. The minimum atomic E-state index is -3.13. The van der Waals surface area contributed by atoms with Gasteiger partial charge in [-0.2, -0.15) is 9.05 Å². The first-order valence-electron chi connectivity index (χ1n) is 7.94. The second kappa shape index (κ2) is 18.9. The van der Waals surface area contributed by atoms with Crippen LogP contribution in [0.3, 0.4) is 0 Å². The molecular formula is C14H26N2Na2O9P+. The molecule has 0 aromatic heterocycles. The number of rotatable bonds is 12. The van der Waals surface area contributed by atoms with Crippen LogP contribution >= 0.6 is 8.25 Å². The summed E-state index contributed by atoms with van der Waals surface area (Å²) in [6, 6.07) is -2.48. The van der Waals surface area contributed by atoms with E-state index in [1.54, 1.807) is 13.8 Å². The van der Waals surface area contributed by atoms with Crippen molar-refractivity contribution in [2.24, 2.45) is 11.5 Å². The van der Waals surface area contributed by atoms with Gasteiger partial charge in [0, 0.05) is 17.4 Å². The molecule has 0 heterocycles. The van der Waals surface area contributed by atoms with Gasteiger partial charge in [0.15, 0.2) is 0 Å². The molecule has 0 spiro atoms. The van der Waals surface area contributed by atoms with Gasteiger partial charge in [-0.1, -0.05) is 0 Å². The molecule has 0 aromatic rings. The molecule has 0 unspecified atom stereocenters. The van der Waals surface area contributed by atoms with Crippen LogP contribution in [0, 0.1) is 0 Å². The zero-order valence-electron chi connectivity index (χ0n) is 18.7. The van der Waals surface area contributed by atoms with Gasteiger partial charge in [0.05, 0.1) is 13.2 Å². The van der Waals surface area contributed by atoms with Gasteiger partial charge in [-0.15, -0.1) is 0 Å². The van der Waals surface area contributed by atoms with E-state index in [9.17, 15) is 23.7 Å². The van der Waals surface area contributed by atoms with Gasteiger partial charge in [0.2, 0.25) is 0 Å². The Morgan fingerprint density at radius 2 is 1.14 bits per heavy atom. The summed E-state index contributed by atoms with van der Waals surface area (Å²) in [5.41, 5.74) is 11.0. The standard InChI is InChI=1S/C14H24N2O9P.2Na.2H/c1-3-22-11(17)7-5-9(15)13(19)24-26(21)25-14(20)10(16)6-8-12(18)23-4-2;;;;/h9-10H,3-8,15-16H2,1-2H3;;;;/q3*+1;2*-1/t9-,10-;;;;/m0..../s1. The Bertz CT molecular complexity index is 504. The first kappa shape index (κ1) is 32.6. The van der Waals surface area contributed by atoms with E-state index in [2.05, 4.69) is 18.5 Å². The average molecular weight is 443 g/mol. The van der Waals surface area contributed by atoms with Crippen molar-refractivity contribution in [3.63, 3.8) is 0 Å². The second-order valence-electron chi connectivity index (χ2n) is 4.94. The van der Waals surface area contributed by atoms with Gasteiger partial charge >= 0.3 is 91.2 Å². The average Bonchev–Trinajstić information content (AvgIpc) is 2.57. The number of esters is 2. The molecule has 0 fully saturated rings. The largest absolute Gasteiger partial charge is 1.00 e. The van der Waals surface area contributed by atoms with E-state index < -0.39 is 44.2 Å². The fraction of sp³-hybridized carbons (Fsp3) is 0.714. The minimum absolute atomic E-state index is 0. The quantitative estimate of drug-likeness (QED) is 0.167. The summed E-state index contributed by atoms with van der Waals surface area (Å²) in [6.45, 7) is 3.64. The molecule has 11 nitrogen and oxygen atoms in total. The zero-order chi connectivity index (χ0) is 20.1. The Morgan fingerprint density at radius 1 is 0.821 bits per heavy atom. The van der Waals surface area contributed by atoms with Crippen LogP contribution < -0.4 is 70.6 Å². The van der Waals surface area contributed by atoms with Crippen LogP contribution in [0.25, 0.3) is 0 Å². The van der Waals surface area contributed by atoms with Crippen molar-refractivity contribution in [3.8, 4) is 0 Å². The van der Waals surface area contributed by atoms with E-state index >= 15 is 0 Å². The summed E-state index contributed by atoms with van der Waals surface area (Å²) < 4.78 is 29.6. The van der Waals surface area contributed by atoms with E-state index in [0.29, 0.717) is 0 Å². The molecule has 0 aliphatic heterocycles. The van der Waals surface area contributed by atoms with Crippen molar-refractivity contribution < 1.29 is 104 Å². The molecule has 0 radical (unpaired) electrons. The van der Waals surface area contributed by atoms with E-state index in [0.717, 1.165) is 0 Å². The summed E-state index contributed by atoms with van der Waals surface area (Å²) in [4.78, 5) is 45.5. The van der Waals surface area contributed by atoms with Gasteiger partial charge in [-0.3, -0.25) is 9.59 Å². The Kier molecular flexibility index (Phi) is 22.0. The molecule has 0 aromatic carbocycles. The Morgan fingerprint density at radius 3 is 1.43 bits per heavy atom. The molecule has 0 aliphatic rings. The van der Waals surface area contributed by atoms with E-state index in [-0.39, 0.29) is 101 Å². The van der Waals surface area contributed by atoms with Crippen molar-refractivity contribution in [2.45, 2.75) is 51.6 Å². The monoisotopic (exact) mass is 443 g/mol. The maximum Gasteiger partial charge on any atom is 1.00 e. The van der Waals surface area contributed by atoms with Crippen LogP contribution in [-0.4, -0.2) is 49.2 Å². The molecule has 152 valence electrons. The molecular weight excluding hydrogens is 417 g/mol. The Hall–Kier alpha value is -0.100. The summed E-state index contributed by atoms with van der Waals surface area (Å²) in [5, 5.41) is 0. The van der Waals surface area contributed by atoms with Crippen LogP contribution in [0.4, 0.5) is 0 Å². The summed E-state index contributed by atoms with van der Waals surface area (Å²) in [6.07, 6.45) is -0.430. The van der Waals surface area contributed by atoms with Crippen LogP contribution in [0.2, 0.25) is 0 Å². The summed E-state index contributed by atoms with van der Waals surface area (Å²) >= 11 is 0. The van der Waals surface area contributed by atoms with Gasteiger partial charge in [-0.25, -0.2) is 9.59 Å². The number of hydrogen-bond donors (Lipinski definition) is 2. The fourth-order valence-electron chi connectivity index (χ4n) is 1.55. The molecule has 0 amide bonds. The van der Waals surface area contributed by atoms with Crippen LogP contribution in [-0.2, 0) is 42.3 Å². The third-order valence-corrected chi connectivity index (χ3v) is 3.52. The Labute approximate surface area is 211 Å². The first-order chi connectivity index (χ1) is 12.2. The molecule has 0 rings (SSSR count). The van der Waals surface area contributed by atoms with Crippen molar-refractivity contribution in [1.82, 2.24) is 0 Å². The summed E-state index contributed by atoms with van der Waals surface area (Å²) in [7, 11) is -3.13. The minimum Gasteiger partial charge on any atom is -1.00 e. The molecule has 0 aliphatic carbocycles. The van der Waals surface area contributed by atoms with Gasteiger partial charge < -0.3 is 23.8 Å². The van der Waals surface area contributed by atoms with Gasteiger partial charge in [0.1, 0.15) is 12.1 Å². The summed E-state index contributed by atoms with van der Waals surface area (Å²) in [5.74, 6) is -3.30. The number of hydrogen-bond acceptors (Lipinski definition) is 11. The van der Waals surface area contributed by atoms with Crippen molar-refractivity contribution >= 4 is 32.1 Å². The first-order valence-corrected chi connectivity index (χ1v) is 9.04. The number of carbonyl (C=O) groups excluding carboxylic acids is 4. The normalized spacial score (nSPS) is 11.6. The predicted octanol–water partition coefficient (Wildman–Crippen LogP) is -5.70. The fourth-order valence-corrected chi connectivity index (χ4v) is 2.15. The molecule has 14 heteroatoms. The smallest absolute Gasteiger partial charge is 1.00 e. The van der Waals surface area contributed by atoms with Crippen molar-refractivity contribution in [1.29, 1.82) is 0 Å². The van der Waals surface area contributed by atoms with E-state index in [1.165, 1.54) is 0 Å². The van der Waals surface area contributed by atoms with E-state index in [4.69, 9.17) is 11.5 Å². The van der Waals surface area contributed by atoms with Gasteiger partial charge in [0.25, 0.3) is 0 Å². The SMILES string of the molecule is CCOC(=O)CC[C@H](N)C(=O)O[P+](=O)OC(=O)[C@@H](N)CCC(=O)OCC.[H-].[H-].[Na+].[Na+]. The predicted molar refractivity (Wildman–Crippen MR) is 89.7 cm³/mol. The van der Waals surface area contributed by atoms with Gasteiger partial charge in [-0.05, 0) is 26.7 Å². The second-order valence-corrected chi connectivity index (χ2v) is 5.76. The van der Waals surface area contributed by atoms with E-state index in [1.807, 2.05) is 0 Å². The maximum absolute atomic E-state index is 11.6. The van der Waals surface area contributed by atoms with Crippen LogP contribution in [0.1, 0.15) is 42.4 Å². The Balaban J connectivity index is -0.000000521. The topological polar surface area (TPSA) is 174 Å². The molecule has 0 saturated carbocycles. The van der Waals surface area contributed by atoms with Crippen molar-refractivity contribution in [2.75, 3.05) is 13.2 Å². The molecule has 2 atom stereocenters. The molecule has 0 saturated heterocycles.